The Morgan fingerprint density at radius 3 is 2.37 bits per heavy atom. The molecule has 1 aromatic heterocycles. The Hall–Kier alpha value is -3.07. The lowest BCUT2D eigenvalue weighted by Gasteiger charge is -2.08. The summed E-state index contributed by atoms with van der Waals surface area (Å²) in [4.78, 5) is 12.1. The Balaban J connectivity index is 1.49. The zero-order chi connectivity index (χ0) is 24.8. The van der Waals surface area contributed by atoms with E-state index >= 15 is 0 Å². The van der Waals surface area contributed by atoms with Crippen molar-refractivity contribution in [1.82, 2.24) is 14.8 Å². The predicted molar refractivity (Wildman–Crippen MR) is 143 cm³/mol. The van der Waals surface area contributed by atoms with Crippen molar-refractivity contribution in [3.63, 3.8) is 0 Å². The standard InChI is InChI=1S/C26H21BrClN3O3S/c1-2-31-24(19-7-11-21(28)12-8-19)29-30-26(31)35-23(25(32)33)15-17-5-13-22(14-6-17)34-16-18-3-9-20(27)10-4-18/h3-15H,2,16H2,1H3,(H,32,33)/b23-15-. The highest BCUT2D eigenvalue weighted by Gasteiger charge is 2.18. The van der Waals surface area contributed by atoms with Gasteiger partial charge in [0.2, 0.25) is 0 Å². The molecule has 9 heteroatoms. The number of halogens is 2. The molecule has 35 heavy (non-hydrogen) atoms. The topological polar surface area (TPSA) is 77.2 Å². The van der Waals surface area contributed by atoms with Crippen molar-refractivity contribution in [2.24, 2.45) is 0 Å². The fraction of sp³-hybridized carbons (Fsp3) is 0.115. The average molecular weight is 571 g/mol. The van der Waals surface area contributed by atoms with Crippen LogP contribution >= 0.6 is 39.3 Å². The highest BCUT2D eigenvalue weighted by atomic mass is 79.9. The van der Waals surface area contributed by atoms with Gasteiger partial charge in [0.25, 0.3) is 0 Å². The van der Waals surface area contributed by atoms with E-state index in [0.717, 1.165) is 32.9 Å². The number of aliphatic carboxylic acids is 1. The van der Waals surface area contributed by atoms with Gasteiger partial charge in [-0.2, -0.15) is 0 Å². The number of hydrogen-bond acceptors (Lipinski definition) is 5. The monoisotopic (exact) mass is 569 g/mol. The molecule has 0 aliphatic rings. The van der Waals surface area contributed by atoms with E-state index in [2.05, 4.69) is 26.1 Å². The normalized spacial score (nSPS) is 11.5. The zero-order valence-corrected chi connectivity index (χ0v) is 21.8. The molecule has 0 saturated heterocycles. The molecule has 0 spiro atoms. The van der Waals surface area contributed by atoms with Crippen LogP contribution in [0.3, 0.4) is 0 Å². The number of carboxylic acids is 1. The van der Waals surface area contributed by atoms with E-state index in [-0.39, 0.29) is 4.91 Å². The third-order valence-corrected chi connectivity index (χ3v) is 6.82. The number of aromatic nitrogens is 3. The molecule has 0 fully saturated rings. The Morgan fingerprint density at radius 1 is 1.06 bits per heavy atom. The first-order valence-corrected chi connectivity index (χ1v) is 12.7. The fourth-order valence-electron chi connectivity index (χ4n) is 3.25. The molecular weight excluding hydrogens is 550 g/mol. The molecule has 178 valence electrons. The quantitative estimate of drug-likeness (QED) is 0.170. The van der Waals surface area contributed by atoms with Gasteiger partial charge in [0.15, 0.2) is 11.0 Å². The average Bonchev–Trinajstić information content (AvgIpc) is 3.27. The van der Waals surface area contributed by atoms with Crippen LogP contribution in [0.2, 0.25) is 5.02 Å². The van der Waals surface area contributed by atoms with Crippen molar-refractivity contribution in [3.8, 4) is 17.1 Å². The van der Waals surface area contributed by atoms with Crippen molar-refractivity contribution < 1.29 is 14.6 Å². The summed E-state index contributed by atoms with van der Waals surface area (Å²) in [5.74, 6) is 0.320. The molecule has 0 radical (unpaired) electrons. The first-order valence-electron chi connectivity index (χ1n) is 10.7. The van der Waals surface area contributed by atoms with Gasteiger partial charge in [-0.1, -0.05) is 51.8 Å². The molecule has 0 aliphatic heterocycles. The first-order chi connectivity index (χ1) is 16.9. The predicted octanol–water partition coefficient (Wildman–Crippen LogP) is 7.18. The second-order valence-corrected chi connectivity index (χ2v) is 9.82. The van der Waals surface area contributed by atoms with E-state index in [9.17, 15) is 9.90 Å². The Kier molecular flexibility index (Phi) is 8.28. The number of rotatable bonds is 9. The largest absolute Gasteiger partial charge is 0.489 e. The fourth-order valence-corrected chi connectivity index (χ4v) is 4.53. The van der Waals surface area contributed by atoms with E-state index in [1.807, 2.05) is 72.2 Å². The second kappa shape index (κ2) is 11.6. The number of carboxylic acid groups (broad SMARTS) is 1. The van der Waals surface area contributed by atoms with E-state index in [0.29, 0.717) is 34.9 Å². The van der Waals surface area contributed by atoms with Gasteiger partial charge in [-0.05, 0) is 84.4 Å². The van der Waals surface area contributed by atoms with Crippen molar-refractivity contribution in [3.05, 3.63) is 98.3 Å². The molecule has 0 unspecified atom stereocenters. The molecule has 4 rings (SSSR count). The number of carbonyl (C=O) groups is 1. The van der Waals surface area contributed by atoms with Gasteiger partial charge in [0.1, 0.15) is 17.3 Å². The Labute approximate surface area is 220 Å². The maximum atomic E-state index is 12.0. The highest BCUT2D eigenvalue weighted by molar-refractivity contribution is 9.10. The summed E-state index contributed by atoms with van der Waals surface area (Å²) in [6.45, 7) is 3.00. The van der Waals surface area contributed by atoms with Gasteiger partial charge >= 0.3 is 5.97 Å². The third-order valence-electron chi connectivity index (χ3n) is 5.04. The molecule has 6 nitrogen and oxygen atoms in total. The molecule has 0 bridgehead atoms. The molecule has 3 aromatic carbocycles. The van der Waals surface area contributed by atoms with Crippen LogP contribution in [0.5, 0.6) is 5.75 Å². The number of thioether (sulfide) groups is 1. The van der Waals surface area contributed by atoms with Crippen LogP contribution < -0.4 is 4.74 Å². The Bertz CT molecular complexity index is 1340. The summed E-state index contributed by atoms with van der Waals surface area (Å²) in [5.41, 5.74) is 2.65. The lowest BCUT2D eigenvalue weighted by atomic mass is 10.2. The molecule has 4 aromatic rings. The SMILES string of the molecule is CCn1c(S/C(=C\c2ccc(OCc3ccc(Br)cc3)cc2)C(=O)O)nnc1-c1ccc(Cl)cc1. The molecule has 0 aliphatic carbocycles. The van der Waals surface area contributed by atoms with Crippen LogP contribution in [-0.2, 0) is 17.9 Å². The van der Waals surface area contributed by atoms with Crippen LogP contribution in [0.1, 0.15) is 18.1 Å². The minimum Gasteiger partial charge on any atom is -0.489 e. The van der Waals surface area contributed by atoms with E-state index < -0.39 is 5.97 Å². The molecular formula is C26H21BrClN3O3S. The second-order valence-electron chi connectivity index (χ2n) is 7.46. The third kappa shape index (κ3) is 6.54. The summed E-state index contributed by atoms with van der Waals surface area (Å²) < 4.78 is 8.73. The van der Waals surface area contributed by atoms with Gasteiger partial charge in [-0.3, -0.25) is 0 Å². The summed E-state index contributed by atoms with van der Waals surface area (Å²) in [7, 11) is 0. The van der Waals surface area contributed by atoms with Crippen LogP contribution in [0.4, 0.5) is 0 Å². The summed E-state index contributed by atoms with van der Waals surface area (Å²) in [5, 5.41) is 19.5. The van der Waals surface area contributed by atoms with Crippen LogP contribution in [0.25, 0.3) is 17.5 Å². The van der Waals surface area contributed by atoms with E-state index in [1.165, 1.54) is 0 Å². The number of ether oxygens (including phenoxy) is 1. The maximum absolute atomic E-state index is 12.0. The van der Waals surface area contributed by atoms with Crippen molar-refractivity contribution in [1.29, 1.82) is 0 Å². The van der Waals surface area contributed by atoms with Gasteiger partial charge < -0.3 is 14.4 Å². The minimum absolute atomic E-state index is 0.137. The first kappa shape index (κ1) is 25.0. The molecule has 1 heterocycles. The lowest BCUT2D eigenvalue weighted by molar-refractivity contribution is -0.131. The van der Waals surface area contributed by atoms with Gasteiger partial charge in [-0.25, -0.2) is 4.79 Å². The summed E-state index contributed by atoms with van der Waals surface area (Å²) >= 11 is 10.5. The summed E-state index contributed by atoms with van der Waals surface area (Å²) in [6, 6.07) is 22.5. The summed E-state index contributed by atoms with van der Waals surface area (Å²) in [6.07, 6.45) is 1.61. The highest BCUT2D eigenvalue weighted by Crippen LogP contribution is 2.31. The van der Waals surface area contributed by atoms with Crippen LogP contribution in [0.15, 0.2) is 87.3 Å². The van der Waals surface area contributed by atoms with Crippen LogP contribution in [-0.4, -0.2) is 25.8 Å². The lowest BCUT2D eigenvalue weighted by Crippen LogP contribution is -2.02. The molecule has 1 N–H and O–H groups in total. The van der Waals surface area contributed by atoms with Crippen LogP contribution in [0, 0.1) is 0 Å². The molecule has 0 amide bonds. The number of hydrogen-bond donors (Lipinski definition) is 1. The van der Waals surface area contributed by atoms with Gasteiger partial charge in [0, 0.05) is 21.6 Å². The van der Waals surface area contributed by atoms with Gasteiger partial charge in [-0.15, -0.1) is 10.2 Å². The zero-order valence-electron chi connectivity index (χ0n) is 18.7. The maximum Gasteiger partial charge on any atom is 0.342 e. The van der Waals surface area contributed by atoms with E-state index in [4.69, 9.17) is 16.3 Å². The van der Waals surface area contributed by atoms with Gasteiger partial charge in [0.05, 0.1) is 0 Å². The van der Waals surface area contributed by atoms with Crippen molar-refractivity contribution in [2.45, 2.75) is 25.2 Å². The minimum atomic E-state index is -1.04. The number of benzene rings is 3. The Morgan fingerprint density at radius 2 is 1.74 bits per heavy atom. The smallest absolute Gasteiger partial charge is 0.342 e. The molecule has 0 saturated carbocycles. The van der Waals surface area contributed by atoms with E-state index in [1.54, 1.807) is 18.2 Å². The van der Waals surface area contributed by atoms with Crippen molar-refractivity contribution in [2.75, 3.05) is 0 Å². The number of nitrogens with zero attached hydrogens (tertiary/aromatic N) is 3. The molecule has 0 atom stereocenters. The van der Waals surface area contributed by atoms with Crippen molar-refractivity contribution >= 4 is 51.3 Å².